The second-order valence-corrected chi connectivity index (χ2v) is 24.5. The van der Waals surface area contributed by atoms with E-state index >= 15 is 0 Å². The third-order valence-corrected chi connectivity index (χ3v) is 19.8. The molecule has 7 rings (SSSR count). The van der Waals surface area contributed by atoms with Crippen molar-refractivity contribution in [1.29, 1.82) is 0 Å². The van der Waals surface area contributed by atoms with Crippen LogP contribution < -0.4 is 0 Å². The lowest BCUT2D eigenvalue weighted by Crippen LogP contribution is -2.65. The first kappa shape index (κ1) is 85.8. The number of aliphatic hydroxyl groups is 1. The molecule has 0 spiro atoms. The van der Waals surface area contributed by atoms with E-state index in [2.05, 4.69) is 0 Å². The lowest BCUT2D eigenvalue weighted by molar-refractivity contribution is -0.361. The molecule has 0 bridgehead atoms. The van der Waals surface area contributed by atoms with E-state index in [0.29, 0.717) is 0 Å². The Morgan fingerprint density at radius 2 is 0.310 bits per heavy atom. The predicted molar refractivity (Wildman–Crippen MR) is 337 cm³/mol. The molecule has 0 aromatic carbocycles. The molecule has 7 saturated heterocycles. The van der Waals surface area contributed by atoms with Crippen LogP contribution in [0.15, 0.2) is 0 Å². The van der Waals surface area contributed by atoms with Gasteiger partial charge in [0.15, 0.2) is 44.0 Å². The van der Waals surface area contributed by atoms with Crippen LogP contribution in [0.1, 0.15) is 0 Å². The van der Waals surface area contributed by atoms with Gasteiger partial charge in [-0.3, -0.25) is 0 Å². The Bertz CT molecular complexity index is 2210. The van der Waals surface area contributed by atoms with Crippen molar-refractivity contribution in [2.75, 3.05) is 203 Å². The number of methoxy groups -OCH3 is 22. The van der Waals surface area contributed by atoms with Crippen molar-refractivity contribution in [3.63, 3.8) is 0 Å². The molecule has 7 aliphatic heterocycles. The fraction of sp³-hybridized carbons (Fsp3) is 1.00. The van der Waals surface area contributed by atoms with Crippen LogP contribution in [0.5, 0.6) is 0 Å². The van der Waals surface area contributed by atoms with Gasteiger partial charge in [0.1, 0.15) is 171 Å². The minimum Gasteiger partial charge on any atom is -0.382 e. The van der Waals surface area contributed by atoms with Gasteiger partial charge in [0.2, 0.25) is 0 Å². The molecule has 0 aromatic rings. The average Bonchev–Trinajstić information content (AvgIpc) is 0.794. The van der Waals surface area contributed by atoms with Crippen molar-refractivity contribution in [1.82, 2.24) is 0 Å². The summed E-state index contributed by atoms with van der Waals surface area (Å²) in [7, 11) is 33.4. The zero-order valence-corrected chi connectivity index (χ0v) is 61.9. The van der Waals surface area contributed by atoms with Crippen LogP contribution in [0.2, 0.25) is 0 Å². The molecule has 0 amide bonds. The number of aliphatic hydroxyl groups excluding tert-OH is 1. The fourth-order valence-electron chi connectivity index (χ4n) is 14.8. The van der Waals surface area contributed by atoms with Crippen molar-refractivity contribution in [3.8, 4) is 0 Å². The summed E-state index contributed by atoms with van der Waals surface area (Å²) in [5.41, 5.74) is 0. The minimum absolute atomic E-state index is 0.0758. The van der Waals surface area contributed by atoms with Gasteiger partial charge >= 0.3 is 0 Å². The monoisotopic (exact) mass is 1460 g/mol. The first-order valence-corrected chi connectivity index (χ1v) is 33.1. The van der Waals surface area contributed by atoms with Gasteiger partial charge in [-0.2, -0.15) is 0 Å². The van der Waals surface area contributed by atoms with E-state index < -0.39 is 215 Å². The highest BCUT2D eigenvalue weighted by Crippen LogP contribution is 2.38. The molecule has 0 aromatic heterocycles. The van der Waals surface area contributed by atoms with E-state index in [4.69, 9.17) is 166 Å². The van der Waals surface area contributed by atoms with Crippen LogP contribution >= 0.6 is 0 Å². The Morgan fingerprint density at radius 3 is 0.460 bits per heavy atom. The molecule has 1 N–H and O–H groups in total. The molecule has 7 fully saturated rings. The SMILES string of the molecule is COC[C@H]1O[C@H](OC[C@H]2O[C@H](OC[C@H]3O[C@H](OC[C@H]4O[C@H](OC[C@H]5O[C@H](OC[C@H]6O[C@H](OC[C@H]7OC(O)[C@H](OC)[C@@H](OC)[C@@H]7OC)[C@H](OC)[C@@H](OC)[C@@H]6OC)[C@H](OC)[C@@H](OC)[C@@H]5OC)[C@H](OC)[C@@H](OC)[C@@H]4OC)[C@H](OC)[C@@H](OC)[C@@H]3OC)[C@H](OC)[C@@H](OC)[C@@H]2OC)[C@H](OC)[C@@H](OC)[C@@H]1OC. The Hall–Kier alpha value is -1.44. The third-order valence-electron chi connectivity index (χ3n) is 19.8. The molecule has 7 heterocycles. The predicted octanol–water partition coefficient (Wildman–Crippen LogP) is -1.89. The van der Waals surface area contributed by atoms with Crippen molar-refractivity contribution < 1.29 is 171 Å². The van der Waals surface area contributed by atoms with Gasteiger partial charge in [-0.25, -0.2) is 0 Å². The smallest absolute Gasteiger partial charge is 0.187 e. The van der Waals surface area contributed by atoms with E-state index in [0.717, 1.165) is 0 Å². The van der Waals surface area contributed by atoms with Gasteiger partial charge in [-0.15, -0.1) is 0 Å². The normalized spacial score (nSPS) is 44.4. The molecule has 36 heteroatoms. The second kappa shape index (κ2) is 42.9. The molecular formula is C64H116O36. The number of ether oxygens (including phenoxy) is 35. The first-order valence-electron chi connectivity index (χ1n) is 33.1. The van der Waals surface area contributed by atoms with Crippen LogP contribution in [0, 0.1) is 0 Å². The number of hydrogen-bond acceptors (Lipinski definition) is 36. The summed E-state index contributed by atoms with van der Waals surface area (Å²) in [6.45, 7) is -0.671. The summed E-state index contributed by atoms with van der Waals surface area (Å²) in [5.74, 6) is 0. The Kier molecular flexibility index (Phi) is 36.8. The number of rotatable bonds is 41. The van der Waals surface area contributed by atoms with E-state index in [-0.39, 0.29) is 46.2 Å². The van der Waals surface area contributed by atoms with Gasteiger partial charge in [0.25, 0.3) is 0 Å². The van der Waals surface area contributed by atoms with Gasteiger partial charge < -0.3 is 171 Å². The van der Waals surface area contributed by atoms with Crippen molar-refractivity contribution in [2.45, 2.75) is 215 Å². The van der Waals surface area contributed by atoms with Gasteiger partial charge in [-0.05, 0) is 0 Å². The van der Waals surface area contributed by atoms with Gasteiger partial charge in [-0.1, -0.05) is 0 Å². The Balaban J connectivity index is 1.04. The molecule has 0 radical (unpaired) electrons. The highest BCUT2D eigenvalue weighted by molar-refractivity contribution is 5.01. The van der Waals surface area contributed by atoms with Crippen LogP contribution in [-0.4, -0.2) is 423 Å². The molecule has 7 aliphatic rings. The first-order chi connectivity index (χ1) is 48.6. The van der Waals surface area contributed by atoms with E-state index in [1.165, 1.54) is 135 Å². The zero-order valence-electron chi connectivity index (χ0n) is 61.9. The maximum absolute atomic E-state index is 10.9. The lowest BCUT2D eigenvalue weighted by atomic mass is 9.96. The summed E-state index contributed by atoms with van der Waals surface area (Å²) < 4.78 is 216. The van der Waals surface area contributed by atoms with E-state index in [1.807, 2.05) is 0 Å². The summed E-state index contributed by atoms with van der Waals surface area (Å²) in [6, 6.07) is 0. The molecule has 100 heavy (non-hydrogen) atoms. The molecular weight excluding hydrogens is 1340 g/mol. The quantitative estimate of drug-likeness (QED) is 0.0700. The molecule has 0 saturated carbocycles. The van der Waals surface area contributed by atoms with Gasteiger partial charge in [0.05, 0.1) is 46.2 Å². The Labute approximate surface area is 586 Å². The van der Waals surface area contributed by atoms with E-state index in [1.54, 1.807) is 21.3 Å². The second-order valence-electron chi connectivity index (χ2n) is 24.5. The van der Waals surface area contributed by atoms with Crippen molar-refractivity contribution in [3.05, 3.63) is 0 Å². The zero-order chi connectivity index (χ0) is 72.9. The topological polar surface area (TPSA) is 343 Å². The maximum Gasteiger partial charge on any atom is 0.187 e. The summed E-state index contributed by atoms with van der Waals surface area (Å²) >= 11 is 0. The summed E-state index contributed by atoms with van der Waals surface area (Å²) in [6.07, 6.45) is -29.5. The molecule has 36 nitrogen and oxygen atoms in total. The lowest BCUT2D eigenvalue weighted by Gasteiger charge is -2.48. The number of hydrogen-bond donors (Lipinski definition) is 1. The minimum atomic E-state index is -1.35. The van der Waals surface area contributed by atoms with Crippen LogP contribution in [0.25, 0.3) is 0 Å². The highest BCUT2D eigenvalue weighted by Gasteiger charge is 2.57. The molecule has 0 aliphatic carbocycles. The van der Waals surface area contributed by atoms with Crippen molar-refractivity contribution >= 4 is 0 Å². The third kappa shape index (κ3) is 19.3. The maximum atomic E-state index is 10.9. The average molecular weight is 1460 g/mol. The largest absolute Gasteiger partial charge is 0.382 e. The van der Waals surface area contributed by atoms with Crippen LogP contribution in [0.4, 0.5) is 0 Å². The molecule has 1 unspecified atom stereocenters. The highest BCUT2D eigenvalue weighted by atomic mass is 16.8. The molecule has 35 atom stereocenters. The van der Waals surface area contributed by atoms with Crippen molar-refractivity contribution in [2.24, 2.45) is 0 Å². The Morgan fingerprint density at radius 1 is 0.170 bits per heavy atom. The molecule has 588 valence electrons. The van der Waals surface area contributed by atoms with Gasteiger partial charge in [0, 0.05) is 156 Å². The summed E-state index contributed by atoms with van der Waals surface area (Å²) in [5, 5.41) is 10.9. The summed E-state index contributed by atoms with van der Waals surface area (Å²) in [4.78, 5) is 0. The fourth-order valence-corrected chi connectivity index (χ4v) is 14.8. The standard InChI is InChI=1S/C64H116O36/c1-66-23-30-37(67-2)45(75-10)52(82-17)59(95-30)89-25-32-39(69-4)47(77-12)54(84-19)61(97-32)91-27-34-41(71-6)49(79-14)56(86-21)63(99-34)93-29-36-43(73-8)50(80-15)57(87-22)64(100-36)92-28-35-42(72-7)48(78-13)55(85-20)62(98-35)90-26-33-40(70-5)46(76-11)53(83-18)60(96-33)88-24-31-38(68-3)44(74-9)51(81-16)58(65)94-31/h30-65H,23-29H2,1-22H3/t30-,31-,32-,33-,34-,35-,36-,37-,38-,39-,40-,41-,42-,43-,44+,45+,46+,47+,48+,49+,50+,51-,52-,53-,54-,55-,56-,57-,58?,59+,60+,61+,62+,63+,64+/m1/s1. The van der Waals surface area contributed by atoms with E-state index in [9.17, 15) is 5.11 Å². The van der Waals surface area contributed by atoms with Crippen LogP contribution in [0.3, 0.4) is 0 Å². The van der Waals surface area contributed by atoms with Crippen LogP contribution in [-0.2, 0) is 166 Å².